The molecule has 3 aromatic rings. The molecule has 0 bridgehead atoms. The zero-order valence-corrected chi connectivity index (χ0v) is 15.1. The van der Waals surface area contributed by atoms with E-state index in [9.17, 15) is 4.79 Å². The van der Waals surface area contributed by atoms with Crippen molar-refractivity contribution in [1.82, 2.24) is 25.3 Å². The zero-order valence-electron chi connectivity index (χ0n) is 15.1. The van der Waals surface area contributed by atoms with Crippen LogP contribution in [-0.2, 0) is 11.3 Å². The number of carbonyl (C=O) groups is 1. The number of hydrogen-bond donors (Lipinski definition) is 1. The van der Waals surface area contributed by atoms with Crippen molar-refractivity contribution in [2.24, 2.45) is 0 Å². The molecule has 0 spiro atoms. The second-order valence-corrected chi connectivity index (χ2v) is 6.07. The van der Waals surface area contributed by atoms with Gasteiger partial charge in [-0.15, -0.1) is 20.4 Å². The monoisotopic (exact) mass is 364 g/mol. The van der Waals surface area contributed by atoms with E-state index in [0.717, 1.165) is 11.1 Å². The van der Waals surface area contributed by atoms with Gasteiger partial charge in [0.15, 0.2) is 6.10 Å². The minimum Gasteiger partial charge on any atom is -0.438 e. The zero-order chi connectivity index (χ0) is 19.2. The van der Waals surface area contributed by atoms with E-state index in [1.54, 1.807) is 38.2 Å². The predicted molar refractivity (Wildman–Crippen MR) is 100 cm³/mol. The summed E-state index contributed by atoms with van der Waals surface area (Å²) in [5, 5.41) is 16.1. The first-order valence-electron chi connectivity index (χ1n) is 8.42. The van der Waals surface area contributed by atoms with Crippen LogP contribution in [0.4, 0.5) is 10.5 Å². The molecule has 1 aromatic heterocycles. The number of nitrogen functional groups attached to an aromatic ring is 1. The lowest BCUT2D eigenvalue weighted by Crippen LogP contribution is -2.28. The third-order valence-corrected chi connectivity index (χ3v) is 3.88. The van der Waals surface area contributed by atoms with E-state index in [0.29, 0.717) is 18.1 Å². The van der Waals surface area contributed by atoms with Gasteiger partial charge in [-0.05, 0) is 36.8 Å². The molecule has 0 aliphatic carbocycles. The van der Waals surface area contributed by atoms with Crippen LogP contribution in [0.25, 0.3) is 11.4 Å². The molecule has 0 aliphatic heterocycles. The van der Waals surface area contributed by atoms with Gasteiger partial charge in [-0.25, -0.2) is 4.79 Å². The van der Waals surface area contributed by atoms with Crippen molar-refractivity contribution < 1.29 is 9.53 Å². The van der Waals surface area contributed by atoms with E-state index in [1.165, 1.54) is 4.90 Å². The lowest BCUT2D eigenvalue weighted by molar-refractivity contribution is 0.0702. The van der Waals surface area contributed by atoms with Crippen molar-refractivity contribution in [2.75, 3.05) is 12.8 Å². The number of amides is 1. The molecule has 8 heteroatoms. The maximum Gasteiger partial charge on any atom is 0.410 e. The molecule has 2 aromatic carbocycles. The summed E-state index contributed by atoms with van der Waals surface area (Å²) in [6.45, 7) is 2.12. The predicted octanol–water partition coefficient (Wildman–Crippen LogP) is 2.85. The first-order valence-corrected chi connectivity index (χ1v) is 8.42. The van der Waals surface area contributed by atoms with Crippen LogP contribution < -0.4 is 5.73 Å². The Balaban J connectivity index is 1.61. The second kappa shape index (κ2) is 8.22. The maximum atomic E-state index is 12.2. The SMILES string of the molecule is CC(OC(=O)N(C)Cc1ccccc1)c1nnc(-c2ccc(N)cc2)nn1. The molecule has 0 saturated carbocycles. The van der Waals surface area contributed by atoms with E-state index in [1.807, 2.05) is 30.3 Å². The number of nitrogens with two attached hydrogens (primary N) is 1. The van der Waals surface area contributed by atoms with Crippen LogP contribution in [0.1, 0.15) is 24.4 Å². The average molecular weight is 364 g/mol. The van der Waals surface area contributed by atoms with Crippen molar-refractivity contribution in [2.45, 2.75) is 19.6 Å². The molecule has 1 unspecified atom stereocenters. The van der Waals surface area contributed by atoms with Crippen molar-refractivity contribution in [1.29, 1.82) is 0 Å². The summed E-state index contributed by atoms with van der Waals surface area (Å²) in [6, 6.07) is 16.7. The first-order chi connectivity index (χ1) is 13.0. The number of hydrogen-bond acceptors (Lipinski definition) is 7. The van der Waals surface area contributed by atoms with Crippen LogP contribution in [0, 0.1) is 0 Å². The topological polar surface area (TPSA) is 107 Å². The molecular formula is C19H20N6O2. The van der Waals surface area contributed by atoms with Crippen LogP contribution in [0.5, 0.6) is 0 Å². The van der Waals surface area contributed by atoms with Crippen LogP contribution in [-0.4, -0.2) is 38.4 Å². The van der Waals surface area contributed by atoms with Gasteiger partial charge in [0.05, 0.1) is 0 Å². The molecule has 1 amide bonds. The van der Waals surface area contributed by atoms with Gasteiger partial charge in [0.1, 0.15) is 0 Å². The van der Waals surface area contributed by atoms with E-state index < -0.39 is 12.2 Å². The van der Waals surface area contributed by atoms with Gasteiger partial charge in [-0.1, -0.05) is 30.3 Å². The van der Waals surface area contributed by atoms with Crippen molar-refractivity contribution in [3.8, 4) is 11.4 Å². The smallest absolute Gasteiger partial charge is 0.410 e. The molecule has 8 nitrogen and oxygen atoms in total. The molecule has 0 fully saturated rings. The fraction of sp³-hybridized carbons (Fsp3) is 0.211. The number of rotatable bonds is 5. The highest BCUT2D eigenvalue weighted by atomic mass is 16.6. The molecular weight excluding hydrogens is 344 g/mol. The molecule has 0 radical (unpaired) electrons. The van der Waals surface area contributed by atoms with Gasteiger partial charge >= 0.3 is 6.09 Å². The van der Waals surface area contributed by atoms with Crippen LogP contribution >= 0.6 is 0 Å². The highest BCUT2D eigenvalue weighted by Crippen LogP contribution is 2.17. The summed E-state index contributed by atoms with van der Waals surface area (Å²) in [5.74, 6) is 0.606. The van der Waals surface area contributed by atoms with Gasteiger partial charge < -0.3 is 15.4 Å². The first kappa shape index (κ1) is 18.2. The van der Waals surface area contributed by atoms with Gasteiger partial charge in [-0.2, -0.15) is 0 Å². The molecule has 138 valence electrons. The minimum absolute atomic E-state index is 0.232. The standard InChI is InChI=1S/C19H20N6O2/c1-13(27-19(26)25(2)12-14-6-4-3-5-7-14)17-21-23-18(24-22-17)15-8-10-16(20)11-9-15/h3-11,13H,12,20H2,1-2H3. The third-order valence-electron chi connectivity index (χ3n) is 3.88. The van der Waals surface area contributed by atoms with Crippen molar-refractivity contribution in [3.05, 3.63) is 66.0 Å². The van der Waals surface area contributed by atoms with Gasteiger partial charge in [0, 0.05) is 24.8 Å². The summed E-state index contributed by atoms with van der Waals surface area (Å²) in [4.78, 5) is 13.7. The fourth-order valence-electron chi connectivity index (χ4n) is 2.36. The number of benzene rings is 2. The van der Waals surface area contributed by atoms with E-state index >= 15 is 0 Å². The van der Waals surface area contributed by atoms with Crippen molar-refractivity contribution >= 4 is 11.8 Å². The Hall–Kier alpha value is -3.55. The summed E-state index contributed by atoms with van der Waals surface area (Å²) in [7, 11) is 1.67. The van der Waals surface area contributed by atoms with Gasteiger partial charge in [-0.3, -0.25) is 0 Å². The molecule has 27 heavy (non-hydrogen) atoms. The van der Waals surface area contributed by atoms with Crippen LogP contribution in [0.3, 0.4) is 0 Å². The van der Waals surface area contributed by atoms with E-state index in [4.69, 9.17) is 10.5 Å². The highest BCUT2D eigenvalue weighted by Gasteiger charge is 2.19. The minimum atomic E-state index is -0.670. The van der Waals surface area contributed by atoms with Crippen molar-refractivity contribution in [3.63, 3.8) is 0 Å². The lowest BCUT2D eigenvalue weighted by Gasteiger charge is -2.19. The third kappa shape index (κ3) is 4.75. The lowest BCUT2D eigenvalue weighted by atomic mass is 10.2. The summed E-state index contributed by atoms with van der Waals surface area (Å²) >= 11 is 0. The maximum absolute atomic E-state index is 12.2. The Bertz CT molecular complexity index is 884. The highest BCUT2D eigenvalue weighted by molar-refractivity contribution is 5.67. The number of carbonyl (C=O) groups excluding carboxylic acids is 1. The quantitative estimate of drug-likeness (QED) is 0.694. The molecule has 3 rings (SSSR count). The summed E-state index contributed by atoms with van der Waals surface area (Å²) in [5.41, 5.74) is 8.08. The molecule has 2 N–H and O–H groups in total. The summed E-state index contributed by atoms with van der Waals surface area (Å²) in [6.07, 6.45) is -1.14. The molecule has 1 heterocycles. The Morgan fingerprint density at radius 3 is 2.30 bits per heavy atom. The number of ether oxygens (including phenoxy) is 1. The normalized spacial score (nSPS) is 11.6. The largest absolute Gasteiger partial charge is 0.438 e. The van der Waals surface area contributed by atoms with E-state index in [-0.39, 0.29) is 5.82 Å². The Morgan fingerprint density at radius 2 is 1.67 bits per heavy atom. The Morgan fingerprint density at radius 1 is 1.04 bits per heavy atom. The van der Waals surface area contributed by atoms with Gasteiger partial charge in [0.2, 0.25) is 11.6 Å². The van der Waals surface area contributed by atoms with E-state index in [2.05, 4.69) is 20.4 Å². The molecule has 1 atom stereocenters. The van der Waals surface area contributed by atoms with Crippen LogP contribution in [0.15, 0.2) is 54.6 Å². The number of aromatic nitrogens is 4. The Kier molecular flexibility index (Phi) is 5.55. The second-order valence-electron chi connectivity index (χ2n) is 6.07. The molecule has 0 saturated heterocycles. The number of anilines is 1. The van der Waals surface area contributed by atoms with Gasteiger partial charge in [0.25, 0.3) is 0 Å². The average Bonchev–Trinajstić information content (AvgIpc) is 2.69. The Labute approximate surface area is 157 Å². The van der Waals surface area contributed by atoms with Crippen LogP contribution in [0.2, 0.25) is 0 Å². The summed E-state index contributed by atoms with van der Waals surface area (Å²) < 4.78 is 5.40. The number of nitrogens with zero attached hydrogens (tertiary/aromatic N) is 5. The fourth-order valence-corrected chi connectivity index (χ4v) is 2.36. The molecule has 0 aliphatic rings.